The number of carbonyl (C=O) groups excluding carboxylic acids is 1. The van der Waals surface area contributed by atoms with Crippen LogP contribution in [0.25, 0.3) is 0 Å². The summed E-state index contributed by atoms with van der Waals surface area (Å²) in [6.07, 6.45) is 2.07. The Bertz CT molecular complexity index is 248. The molecule has 0 aromatic rings. The maximum absolute atomic E-state index is 10.9. The molecule has 0 saturated heterocycles. The summed E-state index contributed by atoms with van der Waals surface area (Å²) >= 11 is 0. The molecule has 0 aliphatic carbocycles. The maximum atomic E-state index is 10.9. The van der Waals surface area contributed by atoms with Crippen molar-refractivity contribution in [3.05, 3.63) is 12.7 Å². The summed E-state index contributed by atoms with van der Waals surface area (Å²) < 4.78 is 10.7. The predicted molar refractivity (Wildman–Crippen MR) is 53.9 cm³/mol. The highest BCUT2D eigenvalue weighted by Gasteiger charge is 2.21. The lowest BCUT2D eigenvalue weighted by molar-refractivity contribution is -0.117. The van der Waals surface area contributed by atoms with E-state index in [1.54, 1.807) is 0 Å². The molecule has 14 heavy (non-hydrogen) atoms. The molecule has 0 fully saturated rings. The Balaban J connectivity index is 4.22. The van der Waals surface area contributed by atoms with E-state index in [-0.39, 0.29) is 6.16 Å². The van der Waals surface area contributed by atoms with Crippen LogP contribution in [0.2, 0.25) is 0 Å². The average Bonchev–Trinajstić information content (AvgIpc) is 2.01. The Hall–Kier alpha value is -0.640. The van der Waals surface area contributed by atoms with Crippen LogP contribution in [0.4, 0.5) is 0 Å². The summed E-state index contributed by atoms with van der Waals surface area (Å²) in [5.74, 6) is -0.406. The number of nitrogens with one attached hydrogen (secondary N) is 1. The topological polar surface area (TPSA) is 86.6 Å². The van der Waals surface area contributed by atoms with E-state index in [9.17, 15) is 9.36 Å². The molecule has 0 aliphatic heterocycles. The molecule has 6 heteroatoms. The van der Waals surface area contributed by atoms with Crippen molar-refractivity contribution >= 4 is 13.5 Å². The second-order valence-electron chi connectivity index (χ2n) is 3.05. The van der Waals surface area contributed by atoms with Gasteiger partial charge in [-0.15, -0.1) is 0 Å². The van der Waals surface area contributed by atoms with Crippen LogP contribution in [0.3, 0.4) is 0 Å². The van der Waals surface area contributed by atoms with E-state index >= 15 is 0 Å². The van der Waals surface area contributed by atoms with Gasteiger partial charge in [0, 0.05) is 6.04 Å². The highest BCUT2D eigenvalue weighted by atomic mass is 31.2. The Kier molecular flexibility index (Phi) is 5.69. The minimum absolute atomic E-state index is 0.319. The van der Waals surface area contributed by atoms with Crippen molar-refractivity contribution in [2.45, 2.75) is 25.8 Å². The lowest BCUT2D eigenvalue weighted by Gasteiger charge is -2.17. The van der Waals surface area contributed by atoms with Crippen LogP contribution in [0.5, 0.6) is 0 Å². The molecule has 0 radical (unpaired) electrons. The minimum Gasteiger partial charge on any atom is -0.349 e. The minimum atomic E-state index is -4.07. The summed E-state index contributed by atoms with van der Waals surface area (Å²) in [5, 5.41) is 2.47. The SMILES string of the molecule is C=CC(=O)NC(CCC)CP(=O)(O)O. The number of carbonyl (C=O) groups is 1. The Morgan fingerprint density at radius 1 is 1.64 bits per heavy atom. The second kappa shape index (κ2) is 5.96. The Labute approximate surface area is 83.4 Å². The predicted octanol–water partition coefficient (Wildman–Crippen LogP) is 0.635. The van der Waals surface area contributed by atoms with Crippen LogP contribution in [-0.2, 0) is 9.36 Å². The van der Waals surface area contributed by atoms with Crippen molar-refractivity contribution in [2.75, 3.05) is 6.16 Å². The quantitative estimate of drug-likeness (QED) is 0.453. The smallest absolute Gasteiger partial charge is 0.327 e. The summed E-state index contributed by atoms with van der Waals surface area (Å²) in [6, 6.07) is -0.480. The highest BCUT2D eigenvalue weighted by Crippen LogP contribution is 2.35. The van der Waals surface area contributed by atoms with Crippen LogP contribution in [0.1, 0.15) is 19.8 Å². The van der Waals surface area contributed by atoms with Gasteiger partial charge < -0.3 is 15.1 Å². The van der Waals surface area contributed by atoms with Gasteiger partial charge in [-0.25, -0.2) is 0 Å². The molecule has 0 rings (SSSR count). The molecule has 0 aromatic carbocycles. The molecule has 82 valence electrons. The first-order valence-electron chi connectivity index (χ1n) is 4.36. The molecule has 0 aliphatic rings. The monoisotopic (exact) mass is 221 g/mol. The van der Waals surface area contributed by atoms with Gasteiger partial charge in [-0.2, -0.15) is 0 Å². The Morgan fingerprint density at radius 3 is 2.57 bits per heavy atom. The lowest BCUT2D eigenvalue weighted by atomic mass is 10.2. The van der Waals surface area contributed by atoms with E-state index in [4.69, 9.17) is 9.79 Å². The first-order chi connectivity index (χ1) is 6.39. The molecule has 1 atom stereocenters. The van der Waals surface area contributed by atoms with Crippen LogP contribution in [0.15, 0.2) is 12.7 Å². The molecule has 0 spiro atoms. The van der Waals surface area contributed by atoms with Gasteiger partial charge in [-0.3, -0.25) is 9.36 Å². The fourth-order valence-corrected chi connectivity index (χ4v) is 1.95. The van der Waals surface area contributed by atoms with E-state index in [1.165, 1.54) is 0 Å². The van der Waals surface area contributed by atoms with E-state index < -0.39 is 19.5 Å². The highest BCUT2D eigenvalue weighted by molar-refractivity contribution is 7.51. The van der Waals surface area contributed by atoms with Crippen LogP contribution in [0, 0.1) is 0 Å². The van der Waals surface area contributed by atoms with Crippen molar-refractivity contribution in [1.82, 2.24) is 5.32 Å². The van der Waals surface area contributed by atoms with Crippen molar-refractivity contribution in [3.8, 4) is 0 Å². The number of hydrogen-bond donors (Lipinski definition) is 3. The number of rotatable bonds is 6. The van der Waals surface area contributed by atoms with Gasteiger partial charge in [0.1, 0.15) is 0 Å². The fourth-order valence-electron chi connectivity index (χ4n) is 1.10. The molecular weight excluding hydrogens is 205 g/mol. The average molecular weight is 221 g/mol. The third-order valence-electron chi connectivity index (χ3n) is 1.63. The van der Waals surface area contributed by atoms with Crippen LogP contribution < -0.4 is 5.32 Å². The zero-order valence-electron chi connectivity index (χ0n) is 8.14. The molecule has 0 heterocycles. The first kappa shape index (κ1) is 13.4. The zero-order chi connectivity index (χ0) is 11.2. The molecule has 0 bridgehead atoms. The van der Waals surface area contributed by atoms with Gasteiger partial charge in [0.2, 0.25) is 5.91 Å². The summed E-state index contributed by atoms with van der Waals surface area (Å²) in [6.45, 7) is 5.15. The molecule has 3 N–H and O–H groups in total. The summed E-state index contributed by atoms with van der Waals surface area (Å²) in [4.78, 5) is 28.4. The third-order valence-corrected chi connectivity index (χ3v) is 2.54. The second-order valence-corrected chi connectivity index (χ2v) is 4.74. The van der Waals surface area contributed by atoms with Gasteiger partial charge in [0.05, 0.1) is 6.16 Å². The van der Waals surface area contributed by atoms with Crippen LogP contribution >= 0.6 is 7.60 Å². The number of hydrogen-bond acceptors (Lipinski definition) is 2. The van der Waals surface area contributed by atoms with Gasteiger partial charge in [0.25, 0.3) is 0 Å². The number of amides is 1. The summed E-state index contributed by atoms with van der Waals surface area (Å²) in [5.41, 5.74) is 0. The first-order valence-corrected chi connectivity index (χ1v) is 6.16. The third kappa shape index (κ3) is 6.83. The van der Waals surface area contributed by atoms with Gasteiger partial charge in [-0.05, 0) is 12.5 Å². The molecule has 0 aromatic heterocycles. The maximum Gasteiger partial charge on any atom is 0.327 e. The van der Waals surface area contributed by atoms with Crippen molar-refractivity contribution in [1.29, 1.82) is 0 Å². The standard InChI is InChI=1S/C8H16NO4P/c1-3-5-7(6-14(11,12)13)9-8(10)4-2/h4,7H,2-3,5-6H2,1H3,(H,9,10)(H2,11,12,13). The van der Waals surface area contributed by atoms with E-state index in [0.29, 0.717) is 6.42 Å². The van der Waals surface area contributed by atoms with Crippen molar-refractivity contribution in [3.63, 3.8) is 0 Å². The largest absolute Gasteiger partial charge is 0.349 e. The van der Waals surface area contributed by atoms with Crippen molar-refractivity contribution < 1.29 is 19.1 Å². The molecular formula is C8H16NO4P. The summed E-state index contributed by atoms with van der Waals surface area (Å²) in [7, 11) is -4.07. The van der Waals surface area contributed by atoms with E-state index in [1.807, 2.05) is 6.92 Å². The molecule has 1 unspecified atom stereocenters. The molecule has 1 amide bonds. The Morgan fingerprint density at radius 2 is 2.21 bits per heavy atom. The molecule has 5 nitrogen and oxygen atoms in total. The zero-order valence-corrected chi connectivity index (χ0v) is 9.04. The van der Waals surface area contributed by atoms with Gasteiger partial charge in [0.15, 0.2) is 0 Å². The van der Waals surface area contributed by atoms with Crippen LogP contribution in [-0.4, -0.2) is 27.9 Å². The normalized spacial score (nSPS) is 13.4. The van der Waals surface area contributed by atoms with Crippen molar-refractivity contribution in [2.24, 2.45) is 0 Å². The van der Waals surface area contributed by atoms with E-state index in [0.717, 1.165) is 12.5 Å². The fraction of sp³-hybridized carbons (Fsp3) is 0.625. The lowest BCUT2D eigenvalue weighted by Crippen LogP contribution is -2.36. The molecule has 0 saturated carbocycles. The van der Waals surface area contributed by atoms with Gasteiger partial charge in [-0.1, -0.05) is 19.9 Å². The van der Waals surface area contributed by atoms with Gasteiger partial charge >= 0.3 is 7.60 Å². The van der Waals surface area contributed by atoms with E-state index in [2.05, 4.69) is 11.9 Å².